The summed E-state index contributed by atoms with van der Waals surface area (Å²) < 4.78 is 2.28. The van der Waals surface area contributed by atoms with Crippen molar-refractivity contribution in [3.05, 3.63) is 170 Å². The molecule has 7 aromatic carbocycles. The first-order chi connectivity index (χ1) is 24.3. The van der Waals surface area contributed by atoms with Gasteiger partial charge in [0.15, 0.2) is 5.82 Å². The second-order valence-corrected chi connectivity index (χ2v) is 12.3. The molecule has 4 heteroatoms. The maximum atomic E-state index is 5.27. The number of para-hydroxylation sites is 3. The van der Waals surface area contributed by atoms with Crippen molar-refractivity contribution in [1.29, 1.82) is 0 Å². The van der Waals surface area contributed by atoms with Gasteiger partial charge in [0.05, 0.1) is 22.2 Å². The maximum Gasteiger partial charge on any atom is 0.160 e. The average Bonchev–Trinajstić information content (AvgIpc) is 3.56. The van der Waals surface area contributed by atoms with E-state index >= 15 is 0 Å². The van der Waals surface area contributed by atoms with Gasteiger partial charge in [0.2, 0.25) is 0 Å². The van der Waals surface area contributed by atoms with E-state index in [0.717, 1.165) is 73.6 Å². The van der Waals surface area contributed by atoms with Crippen LogP contribution in [0.2, 0.25) is 0 Å². The summed E-state index contributed by atoms with van der Waals surface area (Å²) in [6.45, 7) is 2.16. The smallest absolute Gasteiger partial charge is 0.160 e. The molecule has 0 radical (unpaired) electrons. The number of benzene rings is 7. The summed E-state index contributed by atoms with van der Waals surface area (Å²) in [5.41, 5.74) is 11.8. The number of fused-ring (bicyclic) bond motifs is 3. The molecule has 0 bridgehead atoms. The van der Waals surface area contributed by atoms with Crippen molar-refractivity contribution in [2.75, 3.05) is 0 Å². The van der Waals surface area contributed by atoms with E-state index in [1.165, 1.54) is 21.9 Å². The molecule has 0 amide bonds. The first kappa shape index (κ1) is 28.8. The minimum atomic E-state index is 0.719. The number of aromatic nitrogens is 4. The van der Waals surface area contributed by atoms with E-state index in [2.05, 4.69) is 145 Å². The van der Waals surface area contributed by atoms with Gasteiger partial charge >= 0.3 is 0 Å². The second-order valence-electron chi connectivity index (χ2n) is 12.3. The third-order valence-corrected chi connectivity index (χ3v) is 9.40. The molecule has 9 aromatic rings. The van der Waals surface area contributed by atoms with Gasteiger partial charge in [-0.3, -0.25) is 4.57 Å². The maximum absolute atomic E-state index is 5.27. The normalized spacial score (nSPS) is 11.4. The van der Waals surface area contributed by atoms with Crippen molar-refractivity contribution in [2.24, 2.45) is 0 Å². The van der Waals surface area contributed by atoms with Crippen molar-refractivity contribution < 1.29 is 0 Å². The van der Waals surface area contributed by atoms with E-state index in [1.807, 2.05) is 30.3 Å². The zero-order chi connectivity index (χ0) is 32.7. The molecule has 0 N–H and O–H groups in total. The van der Waals surface area contributed by atoms with Gasteiger partial charge in [-0.2, -0.15) is 0 Å². The van der Waals surface area contributed by atoms with Crippen molar-refractivity contribution in [1.82, 2.24) is 19.5 Å². The van der Waals surface area contributed by atoms with Crippen LogP contribution in [0.3, 0.4) is 0 Å². The van der Waals surface area contributed by atoms with E-state index in [-0.39, 0.29) is 0 Å². The number of nitrogens with zero attached hydrogens (tertiary/aromatic N) is 4. The molecule has 0 fully saturated rings. The Morgan fingerprint density at radius 1 is 0.469 bits per heavy atom. The van der Waals surface area contributed by atoms with Gasteiger partial charge in [-0.15, -0.1) is 0 Å². The molecule has 0 atom stereocenters. The molecule has 2 heterocycles. The molecule has 0 aliphatic heterocycles. The summed E-state index contributed by atoms with van der Waals surface area (Å²) in [6, 6.07) is 57.7. The molecule has 0 saturated heterocycles. The summed E-state index contributed by atoms with van der Waals surface area (Å²) in [5.74, 6) is 1.78. The van der Waals surface area contributed by atoms with Gasteiger partial charge in [-0.05, 0) is 63.4 Å². The Morgan fingerprint density at radius 3 is 1.96 bits per heavy atom. The van der Waals surface area contributed by atoms with Crippen LogP contribution in [-0.4, -0.2) is 19.5 Å². The Labute approximate surface area is 285 Å². The number of imidazole rings is 1. The highest BCUT2D eigenvalue weighted by Gasteiger charge is 2.20. The molecular formula is C45H32N4. The molecule has 0 spiro atoms. The predicted molar refractivity (Wildman–Crippen MR) is 203 cm³/mol. The molecule has 4 nitrogen and oxygen atoms in total. The van der Waals surface area contributed by atoms with Gasteiger partial charge in [-0.1, -0.05) is 140 Å². The van der Waals surface area contributed by atoms with Crippen molar-refractivity contribution >= 4 is 32.7 Å². The molecule has 0 aliphatic rings. The van der Waals surface area contributed by atoms with Crippen LogP contribution in [0.5, 0.6) is 0 Å². The molecule has 232 valence electrons. The van der Waals surface area contributed by atoms with Gasteiger partial charge < -0.3 is 0 Å². The van der Waals surface area contributed by atoms with E-state index in [4.69, 9.17) is 15.0 Å². The quantitative estimate of drug-likeness (QED) is 0.184. The summed E-state index contributed by atoms with van der Waals surface area (Å²) in [6.07, 6.45) is 0.853. The van der Waals surface area contributed by atoms with Gasteiger partial charge in [0, 0.05) is 28.6 Å². The van der Waals surface area contributed by atoms with Crippen LogP contribution in [0.4, 0.5) is 0 Å². The van der Waals surface area contributed by atoms with Crippen LogP contribution in [0.15, 0.2) is 164 Å². The summed E-state index contributed by atoms with van der Waals surface area (Å²) >= 11 is 0. The Balaban J connectivity index is 1.26. The highest BCUT2D eigenvalue weighted by molar-refractivity contribution is 6.08. The zero-order valence-electron chi connectivity index (χ0n) is 27.1. The highest BCUT2D eigenvalue weighted by atomic mass is 15.1. The second kappa shape index (κ2) is 12.0. The first-order valence-electron chi connectivity index (χ1n) is 16.8. The largest absolute Gasteiger partial charge is 0.296 e. The van der Waals surface area contributed by atoms with E-state index in [1.54, 1.807) is 0 Å². The van der Waals surface area contributed by atoms with Crippen molar-refractivity contribution in [3.8, 4) is 50.6 Å². The lowest BCUT2D eigenvalue weighted by Gasteiger charge is -2.19. The Kier molecular flexibility index (Phi) is 7.06. The van der Waals surface area contributed by atoms with E-state index in [9.17, 15) is 0 Å². The lowest BCUT2D eigenvalue weighted by Crippen LogP contribution is -2.00. The molecular weight excluding hydrogens is 597 g/mol. The lowest BCUT2D eigenvalue weighted by atomic mass is 9.86. The standard InChI is InChI=1S/C45H32N4/c1-2-42-46-40-22-12-13-23-41(40)49(42)33-27-24-31(25-28-33)35-29-26-30-14-6-7-17-34(30)43(35)36-18-8-9-19-37(36)44-38-20-10-11-21-39(38)47-45(48-44)32-15-4-3-5-16-32/h3-29H,2H2,1H3. The summed E-state index contributed by atoms with van der Waals surface area (Å²) in [5, 5.41) is 3.43. The Hall–Kier alpha value is -6.39. The molecule has 2 aromatic heterocycles. The molecule has 9 rings (SSSR count). The van der Waals surface area contributed by atoms with E-state index < -0.39 is 0 Å². The van der Waals surface area contributed by atoms with Crippen molar-refractivity contribution in [2.45, 2.75) is 13.3 Å². The first-order valence-corrected chi connectivity index (χ1v) is 16.8. The summed E-state index contributed by atoms with van der Waals surface area (Å²) in [4.78, 5) is 15.2. The van der Waals surface area contributed by atoms with E-state index in [0.29, 0.717) is 0 Å². The number of aryl methyl sites for hydroxylation is 1. The topological polar surface area (TPSA) is 43.6 Å². The zero-order valence-corrected chi connectivity index (χ0v) is 27.1. The molecule has 49 heavy (non-hydrogen) atoms. The molecule has 0 unspecified atom stereocenters. The summed E-state index contributed by atoms with van der Waals surface area (Å²) in [7, 11) is 0. The number of hydrogen-bond acceptors (Lipinski definition) is 3. The lowest BCUT2D eigenvalue weighted by molar-refractivity contribution is 0.908. The monoisotopic (exact) mass is 628 g/mol. The third kappa shape index (κ3) is 4.97. The number of hydrogen-bond donors (Lipinski definition) is 0. The molecule has 0 saturated carbocycles. The van der Waals surface area contributed by atoms with Gasteiger partial charge in [-0.25, -0.2) is 15.0 Å². The average molecular weight is 629 g/mol. The SMILES string of the molecule is CCc1nc2ccccc2n1-c1ccc(-c2ccc3ccccc3c2-c2ccccc2-c2nc(-c3ccccc3)nc3ccccc23)cc1. The third-order valence-electron chi connectivity index (χ3n) is 9.40. The minimum Gasteiger partial charge on any atom is -0.296 e. The predicted octanol–water partition coefficient (Wildman–Crippen LogP) is 11.4. The minimum absolute atomic E-state index is 0.719. The Morgan fingerprint density at radius 2 is 1.14 bits per heavy atom. The fraction of sp³-hybridized carbons (Fsp3) is 0.0444. The van der Waals surface area contributed by atoms with Crippen LogP contribution in [0.1, 0.15) is 12.7 Å². The van der Waals surface area contributed by atoms with Crippen molar-refractivity contribution in [3.63, 3.8) is 0 Å². The van der Waals surface area contributed by atoms with Crippen LogP contribution in [-0.2, 0) is 6.42 Å². The Bertz CT molecular complexity index is 2640. The van der Waals surface area contributed by atoms with Crippen LogP contribution in [0.25, 0.3) is 83.3 Å². The van der Waals surface area contributed by atoms with Gasteiger partial charge in [0.1, 0.15) is 5.82 Å². The van der Waals surface area contributed by atoms with Gasteiger partial charge in [0.25, 0.3) is 0 Å². The van der Waals surface area contributed by atoms with Crippen LogP contribution < -0.4 is 0 Å². The molecule has 0 aliphatic carbocycles. The fourth-order valence-corrected chi connectivity index (χ4v) is 7.10. The van der Waals surface area contributed by atoms with Crippen LogP contribution in [0, 0.1) is 0 Å². The number of rotatable bonds is 6. The van der Waals surface area contributed by atoms with Crippen LogP contribution >= 0.6 is 0 Å². The fourth-order valence-electron chi connectivity index (χ4n) is 7.10. The highest BCUT2D eigenvalue weighted by Crippen LogP contribution is 2.43.